The Balaban J connectivity index is 1.96. The number of hydrogen-bond donors (Lipinski definition) is 2. The van der Waals surface area contributed by atoms with Crippen LogP contribution in [0.15, 0.2) is 24.3 Å². The molecule has 1 aromatic carbocycles. The van der Waals surface area contributed by atoms with Crippen molar-refractivity contribution in [3.8, 4) is 5.75 Å². The number of carbonyl (C=O) groups excluding carboxylic acids is 1. The Morgan fingerprint density at radius 3 is 3.06 bits per heavy atom. The average Bonchev–Trinajstić information content (AvgIpc) is 2.81. The monoisotopic (exact) mass is 234 g/mol. The number of carbonyl (C=O) groups is 1. The maximum absolute atomic E-state index is 12.0. The Labute approximate surface area is 101 Å². The van der Waals surface area contributed by atoms with E-state index in [-0.39, 0.29) is 11.7 Å². The molecule has 1 saturated heterocycles. The van der Waals surface area contributed by atoms with Crippen molar-refractivity contribution in [3.63, 3.8) is 0 Å². The van der Waals surface area contributed by atoms with Crippen LogP contribution in [0.2, 0.25) is 0 Å². The van der Waals surface area contributed by atoms with Crippen molar-refractivity contribution in [1.29, 1.82) is 0 Å². The van der Waals surface area contributed by atoms with Gasteiger partial charge < -0.3 is 15.3 Å². The van der Waals surface area contributed by atoms with Crippen molar-refractivity contribution in [2.75, 3.05) is 20.1 Å². The number of likely N-dealkylation sites (N-methyl/N-ethyl adjacent to an activating group) is 1. The molecule has 0 radical (unpaired) electrons. The van der Waals surface area contributed by atoms with Gasteiger partial charge in [0.05, 0.1) is 6.42 Å². The van der Waals surface area contributed by atoms with Gasteiger partial charge in [-0.25, -0.2) is 0 Å². The molecule has 4 heteroatoms. The van der Waals surface area contributed by atoms with Gasteiger partial charge in [0.2, 0.25) is 5.91 Å². The van der Waals surface area contributed by atoms with E-state index in [0.29, 0.717) is 12.5 Å². The normalized spacial score (nSPS) is 19.2. The molecule has 0 bridgehead atoms. The Morgan fingerprint density at radius 1 is 1.59 bits per heavy atom. The van der Waals surface area contributed by atoms with Crippen molar-refractivity contribution in [1.82, 2.24) is 10.2 Å². The number of rotatable bonds is 3. The molecule has 4 nitrogen and oxygen atoms in total. The highest BCUT2D eigenvalue weighted by atomic mass is 16.3. The number of hydrogen-bond acceptors (Lipinski definition) is 3. The van der Waals surface area contributed by atoms with Crippen LogP contribution in [-0.4, -0.2) is 42.1 Å². The second-order valence-electron chi connectivity index (χ2n) is 4.50. The minimum Gasteiger partial charge on any atom is -0.508 e. The highest BCUT2D eigenvalue weighted by molar-refractivity contribution is 5.79. The van der Waals surface area contributed by atoms with Gasteiger partial charge in [0.1, 0.15) is 5.75 Å². The van der Waals surface area contributed by atoms with E-state index in [1.54, 1.807) is 18.2 Å². The van der Waals surface area contributed by atoms with Crippen LogP contribution < -0.4 is 5.32 Å². The van der Waals surface area contributed by atoms with Gasteiger partial charge in [0.25, 0.3) is 0 Å². The van der Waals surface area contributed by atoms with Gasteiger partial charge >= 0.3 is 0 Å². The standard InChI is InChI=1S/C13H18N2O2/c1-15(11-5-6-14-9-11)13(17)8-10-3-2-4-12(16)7-10/h2-4,7,11,14,16H,5-6,8-9H2,1H3. The lowest BCUT2D eigenvalue weighted by atomic mass is 10.1. The summed E-state index contributed by atoms with van der Waals surface area (Å²) in [5, 5.41) is 12.6. The summed E-state index contributed by atoms with van der Waals surface area (Å²) >= 11 is 0. The van der Waals surface area contributed by atoms with Gasteiger partial charge in [-0.1, -0.05) is 12.1 Å². The molecular formula is C13H18N2O2. The van der Waals surface area contributed by atoms with Crippen LogP contribution in [-0.2, 0) is 11.2 Å². The molecule has 1 unspecified atom stereocenters. The zero-order valence-corrected chi connectivity index (χ0v) is 10.0. The lowest BCUT2D eigenvalue weighted by Gasteiger charge is -2.23. The van der Waals surface area contributed by atoms with E-state index < -0.39 is 0 Å². The zero-order chi connectivity index (χ0) is 12.3. The van der Waals surface area contributed by atoms with E-state index in [2.05, 4.69) is 5.32 Å². The van der Waals surface area contributed by atoms with Gasteiger partial charge in [-0.2, -0.15) is 0 Å². The summed E-state index contributed by atoms with van der Waals surface area (Å²) in [4.78, 5) is 13.8. The Bertz CT molecular complexity index is 400. The quantitative estimate of drug-likeness (QED) is 0.811. The van der Waals surface area contributed by atoms with Crippen LogP contribution in [0.5, 0.6) is 5.75 Å². The first kappa shape index (κ1) is 11.9. The minimum atomic E-state index is 0.101. The summed E-state index contributed by atoms with van der Waals surface area (Å²) in [6, 6.07) is 7.17. The first-order valence-electron chi connectivity index (χ1n) is 5.91. The van der Waals surface area contributed by atoms with Gasteiger partial charge in [0, 0.05) is 19.6 Å². The van der Waals surface area contributed by atoms with Gasteiger partial charge in [-0.3, -0.25) is 4.79 Å². The molecule has 17 heavy (non-hydrogen) atoms. The maximum atomic E-state index is 12.0. The number of phenolic OH excluding ortho intramolecular Hbond substituents is 1. The molecule has 0 aliphatic carbocycles. The second-order valence-corrected chi connectivity index (χ2v) is 4.50. The average molecular weight is 234 g/mol. The van der Waals surface area contributed by atoms with Crippen molar-refractivity contribution >= 4 is 5.91 Å². The number of aromatic hydroxyl groups is 1. The van der Waals surface area contributed by atoms with E-state index in [0.717, 1.165) is 25.1 Å². The third-order valence-electron chi connectivity index (χ3n) is 3.24. The Kier molecular flexibility index (Phi) is 3.64. The van der Waals surface area contributed by atoms with Crippen LogP contribution in [0.25, 0.3) is 0 Å². The van der Waals surface area contributed by atoms with Crippen molar-refractivity contribution in [3.05, 3.63) is 29.8 Å². The van der Waals surface area contributed by atoms with Gasteiger partial charge in [-0.15, -0.1) is 0 Å². The maximum Gasteiger partial charge on any atom is 0.227 e. The fourth-order valence-corrected chi connectivity index (χ4v) is 2.14. The van der Waals surface area contributed by atoms with Crippen LogP contribution in [0.3, 0.4) is 0 Å². The molecule has 2 N–H and O–H groups in total. The molecule has 1 amide bonds. The molecule has 1 heterocycles. The molecule has 1 aliphatic rings. The molecule has 92 valence electrons. The highest BCUT2D eigenvalue weighted by Gasteiger charge is 2.22. The first-order valence-corrected chi connectivity index (χ1v) is 5.91. The predicted molar refractivity (Wildman–Crippen MR) is 65.9 cm³/mol. The summed E-state index contributed by atoms with van der Waals surface area (Å²) in [5.74, 6) is 0.310. The summed E-state index contributed by atoms with van der Waals surface area (Å²) in [6.45, 7) is 1.86. The van der Waals surface area contributed by atoms with Crippen LogP contribution in [0, 0.1) is 0 Å². The molecule has 0 saturated carbocycles. The topological polar surface area (TPSA) is 52.6 Å². The molecular weight excluding hydrogens is 216 g/mol. The van der Waals surface area contributed by atoms with Gasteiger partial charge in [0.15, 0.2) is 0 Å². The van der Waals surface area contributed by atoms with E-state index >= 15 is 0 Å². The number of nitrogens with one attached hydrogen (secondary N) is 1. The summed E-state index contributed by atoms with van der Waals surface area (Å²) < 4.78 is 0. The molecule has 1 aromatic rings. The number of benzene rings is 1. The Hall–Kier alpha value is -1.55. The molecule has 1 aliphatic heterocycles. The number of nitrogens with zero attached hydrogens (tertiary/aromatic N) is 1. The zero-order valence-electron chi connectivity index (χ0n) is 10.0. The second kappa shape index (κ2) is 5.19. The number of phenols is 1. The smallest absolute Gasteiger partial charge is 0.227 e. The van der Waals surface area contributed by atoms with E-state index in [4.69, 9.17) is 0 Å². The fourth-order valence-electron chi connectivity index (χ4n) is 2.14. The van der Waals surface area contributed by atoms with Crippen LogP contribution >= 0.6 is 0 Å². The van der Waals surface area contributed by atoms with Crippen molar-refractivity contribution in [2.45, 2.75) is 18.9 Å². The third-order valence-corrected chi connectivity index (χ3v) is 3.24. The SMILES string of the molecule is CN(C(=O)Cc1cccc(O)c1)C1CCNC1. The number of amides is 1. The first-order chi connectivity index (χ1) is 8.16. The summed E-state index contributed by atoms with van der Waals surface area (Å²) in [7, 11) is 1.85. The fraction of sp³-hybridized carbons (Fsp3) is 0.462. The minimum absolute atomic E-state index is 0.101. The van der Waals surface area contributed by atoms with Crippen LogP contribution in [0.1, 0.15) is 12.0 Å². The van der Waals surface area contributed by atoms with E-state index in [9.17, 15) is 9.90 Å². The van der Waals surface area contributed by atoms with Crippen molar-refractivity contribution < 1.29 is 9.90 Å². The van der Waals surface area contributed by atoms with E-state index in [1.165, 1.54) is 0 Å². The Morgan fingerprint density at radius 2 is 2.41 bits per heavy atom. The van der Waals surface area contributed by atoms with Crippen LogP contribution in [0.4, 0.5) is 0 Å². The molecule has 1 fully saturated rings. The lowest BCUT2D eigenvalue weighted by Crippen LogP contribution is -2.39. The molecule has 2 rings (SSSR count). The summed E-state index contributed by atoms with van der Waals surface area (Å²) in [5.41, 5.74) is 0.854. The largest absolute Gasteiger partial charge is 0.508 e. The molecule has 0 spiro atoms. The third kappa shape index (κ3) is 2.97. The van der Waals surface area contributed by atoms with Gasteiger partial charge in [-0.05, 0) is 30.7 Å². The lowest BCUT2D eigenvalue weighted by molar-refractivity contribution is -0.130. The predicted octanol–water partition coefficient (Wildman–Crippen LogP) is 0.755. The highest BCUT2D eigenvalue weighted by Crippen LogP contribution is 2.13. The molecule has 1 atom stereocenters. The molecule has 0 aromatic heterocycles. The van der Waals surface area contributed by atoms with Crippen molar-refractivity contribution in [2.24, 2.45) is 0 Å². The van der Waals surface area contributed by atoms with E-state index in [1.807, 2.05) is 18.0 Å². The summed E-state index contributed by atoms with van der Waals surface area (Å²) in [6.07, 6.45) is 1.36.